The Labute approximate surface area is 149 Å². The fraction of sp³-hybridized carbons (Fsp3) is 0.625. The Bertz CT molecular complexity index is 322. The third kappa shape index (κ3) is 66.0. The highest BCUT2D eigenvalue weighted by Crippen LogP contribution is 2.10. The molecule has 18 heteroatoms. The lowest BCUT2D eigenvalue weighted by Gasteiger charge is -2.10. The highest BCUT2D eigenvalue weighted by Gasteiger charge is 2.00. The molecule has 1 aromatic heterocycles. The maximum Gasteiger partial charge on any atom is 0.674 e. The Kier molecular flexibility index (Phi) is 29.9. The topological polar surface area (TPSA) is 180 Å². The van der Waals surface area contributed by atoms with Crippen LogP contribution in [0.4, 0.5) is 17.3 Å². The van der Waals surface area contributed by atoms with Gasteiger partial charge in [0.25, 0.3) is 0 Å². The van der Waals surface area contributed by atoms with E-state index in [9.17, 15) is 17.3 Å². The van der Waals surface area contributed by atoms with Gasteiger partial charge in [0.1, 0.15) is 0 Å². The molecule has 0 bridgehead atoms. The van der Waals surface area contributed by atoms with Gasteiger partial charge < -0.3 is 44.8 Å². The predicted octanol–water partition coefficient (Wildman–Crippen LogP) is -2.05. The first-order valence-electron chi connectivity index (χ1n) is 6.76. The van der Waals surface area contributed by atoms with Crippen LogP contribution >= 0.6 is 0 Å². The molecule has 0 saturated carbocycles. The zero-order chi connectivity index (χ0) is 21.7. The molecule has 0 saturated heterocycles. The van der Waals surface area contributed by atoms with E-state index in [-0.39, 0.29) is 0 Å². The Morgan fingerprint density at radius 1 is 0.846 bits per heavy atom. The smallest absolute Gasteiger partial charge is 0.398 e. The summed E-state index contributed by atoms with van der Waals surface area (Å²) in [7, 11) is -10.7. The van der Waals surface area contributed by atoms with Crippen molar-refractivity contribution in [3.8, 4) is 0 Å². The first kappa shape index (κ1) is 32.5. The zero-order valence-corrected chi connectivity index (χ0v) is 14.0. The fourth-order valence-electron chi connectivity index (χ4n) is 1.10. The van der Waals surface area contributed by atoms with Crippen LogP contribution in [0.3, 0.4) is 0 Å². The molecule has 1 atom stereocenters. The van der Waals surface area contributed by atoms with Crippen LogP contribution in [0.2, 0.25) is 0 Å². The van der Waals surface area contributed by atoms with Crippen molar-refractivity contribution < 1.29 is 57.5 Å². The van der Waals surface area contributed by atoms with Crippen molar-refractivity contribution in [2.45, 2.75) is 32.7 Å². The summed E-state index contributed by atoms with van der Waals surface area (Å²) in [5.41, 5.74) is 0. The van der Waals surface area contributed by atoms with Crippen LogP contribution < -0.4 is 0 Å². The summed E-state index contributed by atoms with van der Waals surface area (Å²) >= 11 is 0. The molecule has 8 N–H and O–H groups in total. The Balaban J connectivity index is -0.000000129. The van der Waals surface area contributed by atoms with Gasteiger partial charge >= 0.3 is 29.6 Å². The average molecular weight is 394 g/mol. The van der Waals surface area contributed by atoms with Crippen LogP contribution in [-0.4, -0.2) is 79.3 Å². The van der Waals surface area contributed by atoms with E-state index in [2.05, 4.69) is 23.4 Å². The minimum atomic E-state index is -2.67. The Morgan fingerprint density at radius 3 is 1.35 bits per heavy atom. The quantitative estimate of drug-likeness (QED) is 0.212. The average Bonchev–Trinajstić information content (AvgIpc) is 2.89. The highest BCUT2D eigenvalue weighted by molar-refractivity contribution is 6.32. The molecular weight excluding hydrogens is 371 g/mol. The second kappa shape index (κ2) is 23.9. The van der Waals surface area contributed by atoms with E-state index in [4.69, 9.17) is 40.2 Å². The van der Waals surface area contributed by atoms with Gasteiger partial charge in [-0.1, -0.05) is 13.3 Å². The van der Waals surface area contributed by atoms with Crippen molar-refractivity contribution in [1.29, 1.82) is 0 Å². The number of rotatable bonds is 3. The zero-order valence-electron chi connectivity index (χ0n) is 14.0. The van der Waals surface area contributed by atoms with Crippen LogP contribution in [0.15, 0.2) is 18.7 Å². The lowest BCUT2D eigenvalue weighted by Crippen LogP contribution is -2.00. The molecule has 152 valence electrons. The van der Waals surface area contributed by atoms with Crippen LogP contribution in [0, 0.1) is 0 Å². The second-order valence-electron chi connectivity index (χ2n) is 3.89. The molecule has 1 heterocycles. The summed E-state index contributed by atoms with van der Waals surface area (Å²) in [6.07, 6.45) is 8.18. The standard InChI is InChI=1S/C8H14N2.4BFH2O2/c1-3-4-8(2)10-6-5-9-7-10;4*2-1(3)4/h5-8H,3-4H2,1-2H3;4*3-4H. The van der Waals surface area contributed by atoms with Gasteiger partial charge in [-0.05, 0) is 13.3 Å². The molecule has 0 spiro atoms. The molecule has 0 aliphatic heterocycles. The van der Waals surface area contributed by atoms with Crippen molar-refractivity contribution >= 4 is 29.6 Å². The van der Waals surface area contributed by atoms with Crippen molar-refractivity contribution in [3.05, 3.63) is 18.7 Å². The number of imidazole rings is 1. The van der Waals surface area contributed by atoms with Gasteiger partial charge in [-0.25, -0.2) is 4.98 Å². The molecule has 0 fully saturated rings. The van der Waals surface area contributed by atoms with Crippen LogP contribution in [0.25, 0.3) is 0 Å². The van der Waals surface area contributed by atoms with Gasteiger partial charge in [0.15, 0.2) is 0 Å². The number of halogens is 4. The van der Waals surface area contributed by atoms with Crippen LogP contribution in [0.1, 0.15) is 32.7 Å². The molecule has 1 aromatic rings. The summed E-state index contributed by atoms with van der Waals surface area (Å²) in [5, 5.41) is 55.6. The normalized spacial score (nSPS) is 9.31. The van der Waals surface area contributed by atoms with E-state index in [1.165, 1.54) is 12.8 Å². The summed E-state index contributed by atoms with van der Waals surface area (Å²) in [6.45, 7) is 4.42. The number of hydrogen-bond acceptors (Lipinski definition) is 9. The van der Waals surface area contributed by atoms with Gasteiger partial charge in [-0.2, -0.15) is 0 Å². The van der Waals surface area contributed by atoms with E-state index in [1.54, 1.807) is 0 Å². The van der Waals surface area contributed by atoms with Crippen molar-refractivity contribution in [3.63, 3.8) is 0 Å². The lowest BCUT2D eigenvalue weighted by molar-refractivity contribution is 0.338. The molecule has 1 unspecified atom stereocenters. The van der Waals surface area contributed by atoms with Gasteiger partial charge in [0.05, 0.1) is 6.33 Å². The van der Waals surface area contributed by atoms with Gasteiger partial charge in [-0.3, -0.25) is 17.3 Å². The van der Waals surface area contributed by atoms with Crippen LogP contribution in [-0.2, 0) is 0 Å². The van der Waals surface area contributed by atoms with Crippen molar-refractivity contribution in [2.75, 3.05) is 0 Å². The summed E-state index contributed by atoms with van der Waals surface area (Å²) in [4.78, 5) is 3.99. The summed E-state index contributed by atoms with van der Waals surface area (Å²) < 4.78 is 42.6. The van der Waals surface area contributed by atoms with Crippen molar-refractivity contribution in [2.24, 2.45) is 0 Å². The summed E-state index contributed by atoms with van der Waals surface area (Å²) in [5.74, 6) is 0. The van der Waals surface area contributed by atoms with E-state index in [0.29, 0.717) is 6.04 Å². The van der Waals surface area contributed by atoms with E-state index < -0.39 is 29.6 Å². The molecule has 0 aliphatic carbocycles. The Morgan fingerprint density at radius 2 is 1.15 bits per heavy atom. The molecule has 10 nitrogen and oxygen atoms in total. The molecule has 0 aromatic carbocycles. The third-order valence-electron chi connectivity index (χ3n) is 1.74. The number of hydrogen-bond donors (Lipinski definition) is 8. The van der Waals surface area contributed by atoms with Gasteiger partial charge in [0.2, 0.25) is 0 Å². The van der Waals surface area contributed by atoms with E-state index >= 15 is 0 Å². The van der Waals surface area contributed by atoms with Gasteiger partial charge in [0, 0.05) is 18.4 Å². The highest BCUT2D eigenvalue weighted by atomic mass is 19.1. The molecule has 0 radical (unpaired) electrons. The third-order valence-corrected chi connectivity index (χ3v) is 1.74. The van der Waals surface area contributed by atoms with Gasteiger partial charge in [-0.15, -0.1) is 0 Å². The predicted molar refractivity (Wildman–Crippen MR) is 87.0 cm³/mol. The molecule has 0 aliphatic rings. The fourth-order valence-corrected chi connectivity index (χ4v) is 1.10. The molecule has 0 amide bonds. The minimum absolute atomic E-state index is 0.604. The lowest BCUT2D eigenvalue weighted by atomic mass is 10.2. The Hall–Kier alpha value is -1.13. The molecular formula is C8H22B4F4N2O8. The van der Waals surface area contributed by atoms with Crippen LogP contribution in [0.5, 0.6) is 0 Å². The first-order valence-corrected chi connectivity index (χ1v) is 6.76. The maximum absolute atomic E-state index is 10.1. The largest absolute Gasteiger partial charge is 0.674 e. The SMILES string of the molecule is CCCC(C)n1ccnc1.OB(O)F.OB(O)F.OB(O)F.OB(O)F. The van der Waals surface area contributed by atoms with Crippen molar-refractivity contribution in [1.82, 2.24) is 9.55 Å². The van der Waals surface area contributed by atoms with E-state index in [0.717, 1.165) is 0 Å². The number of nitrogens with zero attached hydrogens (tertiary/aromatic N) is 2. The second-order valence-corrected chi connectivity index (χ2v) is 3.89. The van der Waals surface area contributed by atoms with E-state index in [1.807, 2.05) is 18.7 Å². The molecule has 26 heavy (non-hydrogen) atoms. The monoisotopic (exact) mass is 394 g/mol. The summed E-state index contributed by atoms with van der Waals surface area (Å²) in [6, 6.07) is 0.604. The first-order chi connectivity index (χ1) is 11.8. The number of aromatic nitrogens is 2. The maximum atomic E-state index is 10.1. The minimum Gasteiger partial charge on any atom is -0.398 e. The molecule has 1 rings (SSSR count).